The lowest BCUT2D eigenvalue weighted by molar-refractivity contribution is -0.671. The Bertz CT molecular complexity index is 2950. The second kappa shape index (κ2) is 26.8. The number of anilines is 9. The van der Waals surface area contributed by atoms with E-state index in [1.165, 1.54) is 19.2 Å². The number of carbonyl (C=O) groups excluding carboxylic acids is 2. The molecule has 0 aliphatic rings. The van der Waals surface area contributed by atoms with Crippen molar-refractivity contribution in [3.8, 4) is 0 Å². The average Bonchev–Trinajstić information content (AvgIpc) is 3.34. The molecule has 0 saturated carbocycles. The van der Waals surface area contributed by atoms with Crippen molar-refractivity contribution in [2.75, 3.05) is 32.3 Å². The van der Waals surface area contributed by atoms with Crippen LogP contribution in [0, 0.1) is 10.1 Å². The Kier molecular flexibility index (Phi) is 21.1. The van der Waals surface area contributed by atoms with E-state index < -0.39 is 11.3 Å². The molecular formula is C47H42B7Cl2N10O4. The molecule has 8 aromatic rings. The molecule has 0 spiro atoms. The minimum atomic E-state index is -0.537. The van der Waals surface area contributed by atoms with E-state index in [-0.39, 0.29) is 48.7 Å². The van der Waals surface area contributed by atoms with Gasteiger partial charge in [0, 0.05) is 150 Å². The number of aryl methyl sites for hydroxylation is 2. The van der Waals surface area contributed by atoms with Gasteiger partial charge in [0.2, 0.25) is 0 Å². The molecule has 0 atom stereocenters. The molecule has 2 amide bonds. The topological polar surface area (TPSA) is 184 Å². The van der Waals surface area contributed by atoms with Gasteiger partial charge in [0.25, 0.3) is 17.5 Å². The number of carbonyl (C=O) groups is 2. The Morgan fingerprint density at radius 3 is 1.41 bits per heavy atom. The number of nitrogen functional groups attached to an aromatic ring is 1. The van der Waals surface area contributed by atoms with E-state index >= 15 is 0 Å². The van der Waals surface area contributed by atoms with Crippen molar-refractivity contribution in [3.63, 3.8) is 0 Å². The van der Waals surface area contributed by atoms with Crippen LogP contribution >= 0.6 is 0 Å². The van der Waals surface area contributed by atoms with Gasteiger partial charge in [0.05, 0.1) is 21.8 Å². The predicted molar refractivity (Wildman–Crippen MR) is 280 cm³/mol. The van der Waals surface area contributed by atoms with Crippen molar-refractivity contribution in [1.29, 1.82) is 0 Å². The van der Waals surface area contributed by atoms with Crippen molar-refractivity contribution in [1.82, 2.24) is 4.98 Å². The lowest BCUT2D eigenvalue weighted by atomic mass is 8.76. The number of nitrogens with zero attached hydrogens (tertiary/aromatic N) is 4. The lowest BCUT2D eigenvalue weighted by Crippen LogP contribution is -3.00. The number of benzene rings is 5. The number of amides is 2. The summed E-state index contributed by atoms with van der Waals surface area (Å²) < 4.78 is 3.93. The number of pyridine rings is 3. The van der Waals surface area contributed by atoms with Crippen LogP contribution in [0.3, 0.4) is 0 Å². The van der Waals surface area contributed by atoms with Crippen LogP contribution in [-0.4, -0.2) is 72.5 Å². The van der Waals surface area contributed by atoms with Gasteiger partial charge in [-0.3, -0.25) is 24.7 Å². The zero-order valence-corrected chi connectivity index (χ0v) is 39.6. The molecule has 0 unspecified atom stereocenters. The Balaban J connectivity index is 0.000000278. The highest BCUT2D eigenvalue weighted by molar-refractivity contribution is 7.81. The summed E-state index contributed by atoms with van der Waals surface area (Å²) in [4.78, 5) is 39.7. The number of hydrogen-bond acceptors (Lipinski definition) is 9. The van der Waals surface area contributed by atoms with Crippen LogP contribution in [0.15, 0.2) is 177 Å². The number of hydrogen-bond donors (Lipinski definition) is 6. The smallest absolute Gasteiger partial charge is 0.271 e. The number of nitrogens with one attached hydrogen (secondary N) is 5. The Labute approximate surface area is 426 Å². The lowest BCUT2D eigenvalue weighted by Gasteiger charge is -2.11. The van der Waals surface area contributed by atoms with E-state index in [1.807, 2.05) is 121 Å². The molecule has 0 aliphatic heterocycles. The number of nitrogens with two attached hydrogens (primary N) is 1. The molecule has 70 heavy (non-hydrogen) atoms. The Morgan fingerprint density at radius 2 is 1.00 bits per heavy atom. The molecule has 0 saturated heterocycles. The van der Waals surface area contributed by atoms with Gasteiger partial charge in [-0.15, -0.1) is 0 Å². The van der Waals surface area contributed by atoms with E-state index in [0.717, 1.165) is 45.2 Å². The fourth-order valence-electron chi connectivity index (χ4n) is 6.16. The molecular weight excluding hydrogens is 915 g/mol. The van der Waals surface area contributed by atoms with E-state index in [9.17, 15) is 19.7 Å². The predicted octanol–water partition coefficient (Wildman–Crippen LogP) is 0.139. The Morgan fingerprint density at radius 1 is 0.600 bits per heavy atom. The van der Waals surface area contributed by atoms with Crippen LogP contribution in [0.5, 0.6) is 0 Å². The second-order valence-electron chi connectivity index (χ2n) is 15.3. The molecule has 0 aliphatic carbocycles. The molecule has 3 heterocycles. The van der Waals surface area contributed by atoms with Gasteiger partial charge in [-0.05, 0) is 109 Å². The van der Waals surface area contributed by atoms with Crippen LogP contribution in [0.1, 0.15) is 20.7 Å². The third-order valence-electron chi connectivity index (χ3n) is 10.0. The van der Waals surface area contributed by atoms with E-state index in [4.69, 9.17) is 36.7 Å². The second-order valence-corrected chi connectivity index (χ2v) is 15.3. The summed E-state index contributed by atoms with van der Waals surface area (Å²) in [7, 11) is 25.5. The molecule has 8 rings (SSSR count). The number of halogens is 2. The first-order chi connectivity index (χ1) is 32.7. The van der Waals surface area contributed by atoms with Crippen molar-refractivity contribution >= 4 is 130 Å². The molecule has 14 nitrogen and oxygen atoms in total. The zero-order chi connectivity index (χ0) is 48.6. The van der Waals surface area contributed by atoms with Crippen molar-refractivity contribution in [3.05, 3.63) is 198 Å². The maximum atomic E-state index is 12.7. The maximum absolute atomic E-state index is 12.7. The highest BCUT2D eigenvalue weighted by atomic mass is 35.5. The standard InChI is InChI=1S/C28H22N6O3.C19H18N4O.B7.2ClH/c1-33-16-13-23(14-17-33)30-20-6-8-22(9-7-20)32-28(35)19-2-4-21(5-3-19)31-26-12-15-29-27-18-24(34(36)37)10-11-25(26)27;1-23-12-10-18(11-13-23)21-16-6-8-17(9-7-16)22-19(24)14-2-4-15(20)5-3-14;1-5-7(4)6(2)3;;/h2-18H,1H3,(H2,29,31,32,35);2-13H,1H3,(H3,20,22,24);;2*1H. The summed E-state index contributed by atoms with van der Waals surface area (Å²) in [5, 5.41) is 27.5. The summed E-state index contributed by atoms with van der Waals surface area (Å²) in [6, 6.07) is 43.3. The van der Waals surface area contributed by atoms with Crippen molar-refractivity contribution in [2.45, 2.75) is 0 Å². The third kappa shape index (κ3) is 16.6. The fraction of sp³-hybridized carbons (Fsp3) is 0.0426. The molecule has 3 aromatic heterocycles. The Hall–Kier alpha value is -7.62. The van der Waals surface area contributed by atoms with Gasteiger partial charge in [0.1, 0.15) is 14.1 Å². The first-order valence-electron chi connectivity index (χ1n) is 21.1. The van der Waals surface area contributed by atoms with E-state index in [0.29, 0.717) is 28.0 Å². The third-order valence-corrected chi connectivity index (χ3v) is 10.0. The quantitative estimate of drug-likeness (QED) is 0.0308. The van der Waals surface area contributed by atoms with E-state index in [2.05, 4.69) is 31.6 Å². The molecule has 9 radical (unpaired) electrons. The largest absolute Gasteiger partial charge is 1.00 e. The first kappa shape index (κ1) is 55.0. The maximum Gasteiger partial charge on any atom is 0.271 e. The van der Waals surface area contributed by atoms with Crippen LogP contribution in [-0.2, 0) is 14.1 Å². The number of nitro groups is 1. The minimum absolute atomic E-state index is 0. The first-order valence-corrected chi connectivity index (χ1v) is 21.1. The SMILES string of the molecule is C[n+]1ccc(Nc2ccc(NC(=O)c3ccc(N)cc3)cc2)cc1.C[n+]1ccc(Nc2ccc(NC(=O)c3ccc(Nc4ccnc5cc([N+](=O)[O-])ccc45)cc3)cc2)cc1.[B][B]B([B])B([B])[B].[Cl-].[Cl-]. The van der Waals surface area contributed by atoms with Gasteiger partial charge in [-0.25, -0.2) is 9.13 Å². The van der Waals surface area contributed by atoms with Gasteiger partial charge in [-0.2, -0.15) is 0 Å². The number of fused-ring (bicyclic) bond motifs is 1. The monoisotopic (exact) mass is 957 g/mol. The molecule has 339 valence electrons. The van der Waals surface area contributed by atoms with Crippen molar-refractivity contribution < 1.29 is 48.5 Å². The number of aromatic nitrogens is 3. The van der Waals surface area contributed by atoms with Crippen LogP contribution < -0.4 is 66.3 Å². The summed E-state index contributed by atoms with van der Waals surface area (Å²) in [6.45, 7) is 0. The number of non-ortho nitro benzene ring substituents is 1. The van der Waals surface area contributed by atoms with Gasteiger partial charge >= 0.3 is 0 Å². The van der Waals surface area contributed by atoms with Crippen LogP contribution in [0.4, 0.5) is 56.9 Å². The number of nitro benzene ring substituents is 1. The normalized spacial score (nSPS) is 9.86. The van der Waals surface area contributed by atoms with Crippen LogP contribution in [0.25, 0.3) is 10.9 Å². The van der Waals surface area contributed by atoms with E-state index in [1.54, 1.807) is 66.9 Å². The van der Waals surface area contributed by atoms with Gasteiger partial charge < -0.3 is 57.1 Å². The van der Waals surface area contributed by atoms with Crippen molar-refractivity contribution in [2.24, 2.45) is 14.1 Å². The van der Waals surface area contributed by atoms with Crippen LogP contribution in [0.2, 0.25) is 0 Å². The molecule has 0 bridgehead atoms. The minimum Gasteiger partial charge on any atom is -1.00 e. The average molecular weight is 958 g/mol. The molecule has 23 heteroatoms. The highest BCUT2D eigenvalue weighted by Gasteiger charge is 2.12. The summed E-state index contributed by atoms with van der Waals surface area (Å²) >= 11 is 0. The molecule has 5 aromatic carbocycles. The van der Waals surface area contributed by atoms with Gasteiger partial charge in [0.15, 0.2) is 24.8 Å². The molecule has 0 fully saturated rings. The molecule has 7 N–H and O–H groups in total. The summed E-state index contributed by atoms with van der Waals surface area (Å²) in [6.07, 6.45) is 8.55. The van der Waals surface area contributed by atoms with Gasteiger partial charge in [-0.1, -0.05) is 0 Å². The fourth-order valence-corrected chi connectivity index (χ4v) is 6.16. The number of rotatable bonds is 13. The summed E-state index contributed by atoms with van der Waals surface area (Å²) in [5.74, 6) is -0.379. The zero-order valence-electron chi connectivity index (χ0n) is 38.0. The highest BCUT2D eigenvalue weighted by Crippen LogP contribution is 2.28. The summed E-state index contributed by atoms with van der Waals surface area (Å²) in [5.41, 5.74) is 14.7.